The highest BCUT2D eigenvalue weighted by Crippen LogP contribution is 2.21. The van der Waals surface area contributed by atoms with Crippen molar-refractivity contribution >= 4 is 0 Å². The van der Waals surface area contributed by atoms with E-state index in [9.17, 15) is 5.11 Å². The van der Waals surface area contributed by atoms with Crippen molar-refractivity contribution in [1.29, 1.82) is 0 Å². The van der Waals surface area contributed by atoms with Gasteiger partial charge in [-0.05, 0) is 63.0 Å². The number of phenols is 1. The first-order valence-corrected chi connectivity index (χ1v) is 7.40. The minimum atomic E-state index is 0.340. The maximum Gasteiger partial charge on any atom is 0.115 e. The Balaban J connectivity index is 1.87. The van der Waals surface area contributed by atoms with Crippen molar-refractivity contribution in [3.63, 3.8) is 0 Å². The van der Waals surface area contributed by atoms with Crippen molar-refractivity contribution in [2.45, 2.75) is 32.2 Å². The van der Waals surface area contributed by atoms with Crippen molar-refractivity contribution in [3.8, 4) is 5.75 Å². The molecule has 106 valence electrons. The van der Waals surface area contributed by atoms with E-state index in [1.165, 1.54) is 31.5 Å². The van der Waals surface area contributed by atoms with Gasteiger partial charge in [0.25, 0.3) is 0 Å². The molecule has 0 radical (unpaired) electrons. The van der Waals surface area contributed by atoms with Crippen LogP contribution in [0.5, 0.6) is 5.75 Å². The molecule has 3 heteroatoms. The predicted molar refractivity (Wildman–Crippen MR) is 79.4 cm³/mol. The fourth-order valence-corrected chi connectivity index (χ4v) is 2.95. The molecule has 0 aromatic heterocycles. The molecule has 0 bridgehead atoms. The first-order chi connectivity index (χ1) is 9.19. The largest absolute Gasteiger partial charge is 0.508 e. The fourth-order valence-electron chi connectivity index (χ4n) is 2.95. The fraction of sp³-hybridized carbons (Fsp3) is 0.625. The molecule has 2 rings (SSSR count). The molecule has 0 saturated carbocycles. The van der Waals surface area contributed by atoms with E-state index >= 15 is 0 Å². The molecule has 2 N–H and O–H groups in total. The maximum absolute atomic E-state index is 9.35. The average molecular weight is 262 g/mol. The van der Waals surface area contributed by atoms with Gasteiger partial charge in [-0.2, -0.15) is 0 Å². The Morgan fingerprint density at radius 2 is 2.11 bits per heavy atom. The Hall–Kier alpha value is -1.06. The van der Waals surface area contributed by atoms with Crippen LogP contribution < -0.4 is 5.32 Å². The van der Waals surface area contributed by atoms with Crippen molar-refractivity contribution in [2.24, 2.45) is 5.92 Å². The zero-order valence-electron chi connectivity index (χ0n) is 12.1. The summed E-state index contributed by atoms with van der Waals surface area (Å²) in [4.78, 5) is 2.43. The number of piperidine rings is 1. The van der Waals surface area contributed by atoms with E-state index in [-0.39, 0.29) is 0 Å². The summed E-state index contributed by atoms with van der Waals surface area (Å²) in [5.41, 5.74) is 1.27. The predicted octanol–water partition coefficient (Wildman–Crippen LogP) is 2.77. The first-order valence-electron chi connectivity index (χ1n) is 7.40. The number of hydrogen-bond donors (Lipinski definition) is 2. The summed E-state index contributed by atoms with van der Waals surface area (Å²) in [5, 5.41) is 13.0. The van der Waals surface area contributed by atoms with E-state index in [1.54, 1.807) is 12.1 Å². The highest BCUT2D eigenvalue weighted by atomic mass is 16.3. The summed E-state index contributed by atoms with van der Waals surface area (Å²) >= 11 is 0. The summed E-state index contributed by atoms with van der Waals surface area (Å²) < 4.78 is 0. The summed E-state index contributed by atoms with van der Waals surface area (Å²) in [7, 11) is 2.21. The van der Waals surface area contributed by atoms with Crippen LogP contribution in [0.4, 0.5) is 0 Å². The van der Waals surface area contributed by atoms with Crippen LogP contribution in [0.1, 0.15) is 37.8 Å². The quantitative estimate of drug-likeness (QED) is 0.856. The third-order valence-electron chi connectivity index (χ3n) is 4.08. The van der Waals surface area contributed by atoms with Gasteiger partial charge in [-0.15, -0.1) is 0 Å². The molecule has 1 fully saturated rings. The number of benzene rings is 1. The van der Waals surface area contributed by atoms with E-state index in [2.05, 4.69) is 24.2 Å². The first kappa shape index (κ1) is 14.4. The second-order valence-corrected chi connectivity index (χ2v) is 5.73. The molecular weight excluding hydrogens is 236 g/mol. The molecule has 1 saturated heterocycles. The van der Waals surface area contributed by atoms with Crippen LogP contribution >= 0.6 is 0 Å². The number of nitrogens with zero attached hydrogens (tertiary/aromatic N) is 1. The number of phenolic OH excluding ortho intramolecular Hbond substituents is 1. The van der Waals surface area contributed by atoms with E-state index in [0.29, 0.717) is 11.8 Å². The molecule has 0 aliphatic carbocycles. The van der Waals surface area contributed by atoms with Crippen LogP contribution in [0, 0.1) is 5.92 Å². The van der Waals surface area contributed by atoms with Crippen LogP contribution in [-0.2, 0) is 0 Å². The van der Waals surface area contributed by atoms with Crippen LogP contribution in [0.25, 0.3) is 0 Å². The molecule has 0 amide bonds. The van der Waals surface area contributed by atoms with E-state index < -0.39 is 0 Å². The van der Waals surface area contributed by atoms with Crippen LogP contribution in [0.15, 0.2) is 24.3 Å². The highest BCUT2D eigenvalue weighted by Gasteiger charge is 2.18. The average Bonchev–Trinajstić information content (AvgIpc) is 2.41. The number of likely N-dealkylation sites (tertiary alicyclic amines) is 1. The third-order valence-corrected chi connectivity index (χ3v) is 4.08. The van der Waals surface area contributed by atoms with Crippen LogP contribution in [0.2, 0.25) is 0 Å². The van der Waals surface area contributed by atoms with Crippen molar-refractivity contribution in [1.82, 2.24) is 10.2 Å². The van der Waals surface area contributed by atoms with Crippen molar-refractivity contribution < 1.29 is 5.11 Å². The number of nitrogens with one attached hydrogen (secondary N) is 1. The Kier molecular flexibility index (Phi) is 5.23. The monoisotopic (exact) mass is 262 g/mol. The van der Waals surface area contributed by atoms with Gasteiger partial charge in [0.15, 0.2) is 0 Å². The van der Waals surface area contributed by atoms with Gasteiger partial charge in [0.1, 0.15) is 5.75 Å². The van der Waals surface area contributed by atoms with E-state index in [0.717, 1.165) is 18.9 Å². The van der Waals surface area contributed by atoms with Gasteiger partial charge in [-0.25, -0.2) is 0 Å². The zero-order valence-corrected chi connectivity index (χ0v) is 12.1. The lowest BCUT2D eigenvalue weighted by molar-refractivity contribution is 0.202. The molecule has 1 aromatic rings. The minimum absolute atomic E-state index is 0.340. The van der Waals surface area contributed by atoms with Gasteiger partial charge in [0, 0.05) is 12.6 Å². The highest BCUT2D eigenvalue weighted by molar-refractivity contribution is 5.27. The van der Waals surface area contributed by atoms with Gasteiger partial charge < -0.3 is 15.3 Å². The van der Waals surface area contributed by atoms with Gasteiger partial charge in [-0.1, -0.05) is 19.1 Å². The topological polar surface area (TPSA) is 35.5 Å². The van der Waals surface area contributed by atoms with Gasteiger partial charge in [-0.3, -0.25) is 0 Å². The zero-order chi connectivity index (χ0) is 13.7. The lowest BCUT2D eigenvalue weighted by atomic mass is 9.97. The smallest absolute Gasteiger partial charge is 0.115 e. The van der Waals surface area contributed by atoms with Crippen LogP contribution in [0.3, 0.4) is 0 Å². The van der Waals surface area contributed by atoms with Gasteiger partial charge in [0.05, 0.1) is 0 Å². The Bertz CT molecular complexity index is 377. The summed E-state index contributed by atoms with van der Waals surface area (Å²) in [6.07, 6.45) is 3.73. The lowest BCUT2D eigenvalue weighted by Crippen LogP contribution is -2.38. The Morgan fingerprint density at radius 1 is 1.37 bits per heavy atom. The number of rotatable bonds is 5. The molecule has 1 aliphatic rings. The third kappa shape index (κ3) is 4.22. The van der Waals surface area contributed by atoms with E-state index in [4.69, 9.17) is 0 Å². The van der Waals surface area contributed by atoms with Gasteiger partial charge in [0.2, 0.25) is 0 Å². The molecule has 0 spiro atoms. The normalized spacial score (nSPS) is 22.3. The number of hydrogen-bond acceptors (Lipinski definition) is 3. The number of aromatic hydroxyl groups is 1. The molecule has 1 aromatic carbocycles. The Labute approximate surface area is 116 Å². The molecule has 19 heavy (non-hydrogen) atoms. The SMILES string of the molecule is CCC(NCC1CCCN(C)C1)c1ccc(O)cc1. The molecule has 1 heterocycles. The molecular formula is C16H26N2O. The molecule has 3 nitrogen and oxygen atoms in total. The standard InChI is InChI=1S/C16H26N2O/c1-3-16(14-6-8-15(19)9-7-14)17-11-13-5-4-10-18(2)12-13/h6-9,13,16-17,19H,3-5,10-12H2,1-2H3. The lowest BCUT2D eigenvalue weighted by Gasteiger charge is -2.31. The maximum atomic E-state index is 9.35. The van der Waals surface area contributed by atoms with E-state index in [1.807, 2.05) is 12.1 Å². The molecule has 1 aliphatic heterocycles. The summed E-state index contributed by atoms with van der Waals surface area (Å²) in [5.74, 6) is 1.11. The molecule has 2 atom stereocenters. The Morgan fingerprint density at radius 3 is 2.74 bits per heavy atom. The van der Waals surface area contributed by atoms with Crippen LogP contribution in [-0.4, -0.2) is 36.7 Å². The minimum Gasteiger partial charge on any atom is -0.508 e. The van der Waals surface area contributed by atoms with Crippen molar-refractivity contribution in [2.75, 3.05) is 26.7 Å². The summed E-state index contributed by atoms with van der Waals surface area (Å²) in [6.45, 7) is 5.74. The second kappa shape index (κ2) is 6.92. The summed E-state index contributed by atoms with van der Waals surface area (Å²) in [6, 6.07) is 7.97. The van der Waals surface area contributed by atoms with Crippen molar-refractivity contribution in [3.05, 3.63) is 29.8 Å². The van der Waals surface area contributed by atoms with Gasteiger partial charge >= 0.3 is 0 Å². The second-order valence-electron chi connectivity index (χ2n) is 5.73. The molecule has 2 unspecified atom stereocenters.